The Labute approximate surface area is 124 Å². The molecule has 0 fully saturated rings. The quantitative estimate of drug-likeness (QED) is 0.651. The maximum atomic E-state index is 5.94. The van der Waals surface area contributed by atoms with E-state index in [0.717, 1.165) is 23.3 Å². The molecule has 0 spiro atoms. The Balaban J connectivity index is 2.33. The predicted octanol–water partition coefficient (Wildman–Crippen LogP) is 4.42. The molecule has 0 aliphatic heterocycles. The van der Waals surface area contributed by atoms with Crippen LogP contribution in [0.15, 0.2) is 42.5 Å². The number of para-hydroxylation sites is 2. The third-order valence-corrected chi connectivity index (χ3v) is 3.74. The van der Waals surface area contributed by atoms with E-state index >= 15 is 0 Å². The van der Waals surface area contributed by atoms with Crippen molar-refractivity contribution < 1.29 is 0 Å². The smallest absolute Gasteiger partial charge is 0.115 e. The fraction of sp³-hybridized carbons (Fsp3) is 0.235. The number of rotatable bonds is 3. The van der Waals surface area contributed by atoms with Crippen LogP contribution >= 0.6 is 11.6 Å². The highest BCUT2D eigenvalue weighted by Crippen LogP contribution is 2.25. The zero-order valence-corrected chi connectivity index (χ0v) is 12.5. The molecule has 0 saturated carbocycles. The van der Waals surface area contributed by atoms with E-state index in [4.69, 9.17) is 16.6 Å². The molecule has 0 radical (unpaired) electrons. The van der Waals surface area contributed by atoms with Gasteiger partial charge in [-0.1, -0.05) is 24.3 Å². The lowest BCUT2D eigenvalue weighted by Gasteiger charge is -2.12. The molecule has 0 bridgehead atoms. The van der Waals surface area contributed by atoms with Crippen LogP contribution in [-0.4, -0.2) is 15.4 Å². The van der Waals surface area contributed by atoms with Gasteiger partial charge in [0.1, 0.15) is 5.82 Å². The van der Waals surface area contributed by atoms with Crippen LogP contribution in [-0.2, 0) is 6.42 Å². The van der Waals surface area contributed by atoms with E-state index in [9.17, 15) is 0 Å². The number of alkyl halides is 1. The molecule has 0 aliphatic carbocycles. The number of aromatic nitrogens is 2. The summed E-state index contributed by atoms with van der Waals surface area (Å²) in [4.78, 5) is 4.73. The topological polar surface area (TPSA) is 17.8 Å². The highest BCUT2D eigenvalue weighted by molar-refractivity contribution is 6.17. The number of hydrogen-bond donors (Lipinski definition) is 0. The second-order valence-electron chi connectivity index (χ2n) is 5.08. The van der Waals surface area contributed by atoms with Gasteiger partial charge >= 0.3 is 0 Å². The zero-order valence-electron chi connectivity index (χ0n) is 11.7. The standard InChI is InChI=1S/C17H17ClN2/c1-12-7-8-13(2)16(11-12)20-15-6-4-3-5-14(15)19-17(20)9-10-18/h3-8,11H,9-10H2,1-2H3. The Bertz CT molecular complexity index is 759. The van der Waals surface area contributed by atoms with Crippen molar-refractivity contribution in [1.29, 1.82) is 0 Å². The Hall–Kier alpha value is -1.80. The predicted molar refractivity (Wildman–Crippen MR) is 85.0 cm³/mol. The Kier molecular flexibility index (Phi) is 3.49. The normalized spacial score (nSPS) is 11.2. The molecule has 0 unspecified atom stereocenters. The van der Waals surface area contributed by atoms with E-state index in [0.29, 0.717) is 5.88 Å². The summed E-state index contributed by atoms with van der Waals surface area (Å²) in [5.41, 5.74) is 5.85. The van der Waals surface area contributed by atoms with Gasteiger partial charge in [-0.25, -0.2) is 4.98 Å². The van der Waals surface area contributed by atoms with E-state index < -0.39 is 0 Å². The molecule has 3 heteroatoms. The molecular formula is C17H17ClN2. The molecule has 0 aliphatic rings. The van der Waals surface area contributed by atoms with E-state index in [-0.39, 0.29) is 0 Å². The highest BCUT2D eigenvalue weighted by atomic mass is 35.5. The van der Waals surface area contributed by atoms with Crippen LogP contribution in [0, 0.1) is 13.8 Å². The summed E-state index contributed by atoms with van der Waals surface area (Å²) in [5, 5.41) is 0. The summed E-state index contributed by atoms with van der Waals surface area (Å²) in [6, 6.07) is 14.7. The minimum absolute atomic E-state index is 0.578. The number of halogens is 1. The van der Waals surface area contributed by atoms with Crippen molar-refractivity contribution in [3.63, 3.8) is 0 Å². The van der Waals surface area contributed by atoms with Gasteiger partial charge in [-0.15, -0.1) is 11.6 Å². The Morgan fingerprint density at radius 3 is 2.70 bits per heavy atom. The van der Waals surface area contributed by atoms with Crippen molar-refractivity contribution in [2.75, 3.05) is 5.88 Å². The summed E-state index contributed by atoms with van der Waals surface area (Å²) in [6.07, 6.45) is 0.767. The van der Waals surface area contributed by atoms with Gasteiger partial charge in [0.05, 0.1) is 16.7 Å². The summed E-state index contributed by atoms with van der Waals surface area (Å²) in [6.45, 7) is 4.25. The summed E-state index contributed by atoms with van der Waals surface area (Å²) >= 11 is 5.94. The minimum Gasteiger partial charge on any atom is -0.296 e. The number of benzene rings is 2. The van der Waals surface area contributed by atoms with Crippen molar-refractivity contribution in [2.45, 2.75) is 20.3 Å². The SMILES string of the molecule is Cc1ccc(C)c(-n2c(CCCl)nc3ccccc32)c1. The fourth-order valence-electron chi connectivity index (χ4n) is 2.56. The van der Waals surface area contributed by atoms with Crippen LogP contribution in [0.2, 0.25) is 0 Å². The maximum absolute atomic E-state index is 5.94. The van der Waals surface area contributed by atoms with Crippen molar-refractivity contribution in [1.82, 2.24) is 9.55 Å². The minimum atomic E-state index is 0.578. The van der Waals surface area contributed by atoms with Gasteiger partial charge in [0.15, 0.2) is 0 Å². The lowest BCUT2D eigenvalue weighted by atomic mass is 10.1. The fourth-order valence-corrected chi connectivity index (χ4v) is 2.73. The van der Waals surface area contributed by atoms with E-state index in [2.05, 4.69) is 54.8 Å². The summed E-state index contributed by atoms with van der Waals surface area (Å²) in [7, 11) is 0. The first kappa shape index (κ1) is 13.2. The van der Waals surface area contributed by atoms with Gasteiger partial charge in [-0.3, -0.25) is 4.57 Å². The van der Waals surface area contributed by atoms with Gasteiger partial charge in [-0.2, -0.15) is 0 Å². The van der Waals surface area contributed by atoms with Gasteiger partial charge < -0.3 is 0 Å². The monoisotopic (exact) mass is 284 g/mol. The summed E-state index contributed by atoms with van der Waals surface area (Å²) < 4.78 is 2.24. The van der Waals surface area contributed by atoms with E-state index in [1.807, 2.05) is 6.07 Å². The maximum Gasteiger partial charge on any atom is 0.115 e. The molecule has 20 heavy (non-hydrogen) atoms. The second kappa shape index (κ2) is 5.29. The van der Waals surface area contributed by atoms with Gasteiger partial charge in [-0.05, 0) is 43.2 Å². The molecule has 0 N–H and O–H groups in total. The molecule has 0 amide bonds. The van der Waals surface area contributed by atoms with Crippen molar-refractivity contribution in [3.8, 4) is 5.69 Å². The van der Waals surface area contributed by atoms with Crippen LogP contribution < -0.4 is 0 Å². The average Bonchev–Trinajstić information content (AvgIpc) is 2.80. The molecule has 102 valence electrons. The van der Waals surface area contributed by atoms with E-state index in [1.165, 1.54) is 16.8 Å². The Morgan fingerprint density at radius 2 is 1.90 bits per heavy atom. The molecular weight excluding hydrogens is 268 g/mol. The van der Waals surface area contributed by atoms with Crippen LogP contribution in [0.25, 0.3) is 16.7 Å². The third-order valence-electron chi connectivity index (χ3n) is 3.55. The van der Waals surface area contributed by atoms with Crippen molar-refractivity contribution in [2.24, 2.45) is 0 Å². The molecule has 0 saturated heterocycles. The van der Waals surface area contributed by atoms with Gasteiger partial charge in [0.25, 0.3) is 0 Å². The summed E-state index contributed by atoms with van der Waals surface area (Å²) in [5.74, 6) is 1.60. The van der Waals surface area contributed by atoms with Crippen LogP contribution in [0.4, 0.5) is 0 Å². The Morgan fingerprint density at radius 1 is 1.10 bits per heavy atom. The van der Waals surface area contributed by atoms with E-state index in [1.54, 1.807) is 0 Å². The van der Waals surface area contributed by atoms with Crippen molar-refractivity contribution >= 4 is 22.6 Å². The second-order valence-corrected chi connectivity index (χ2v) is 5.46. The van der Waals surface area contributed by atoms with Crippen molar-refractivity contribution in [3.05, 3.63) is 59.4 Å². The van der Waals surface area contributed by atoms with Gasteiger partial charge in [0, 0.05) is 12.3 Å². The number of hydrogen-bond acceptors (Lipinski definition) is 1. The molecule has 1 aromatic heterocycles. The molecule has 3 rings (SSSR count). The lowest BCUT2D eigenvalue weighted by molar-refractivity contribution is 0.906. The molecule has 2 nitrogen and oxygen atoms in total. The third kappa shape index (κ3) is 2.20. The largest absolute Gasteiger partial charge is 0.296 e. The van der Waals surface area contributed by atoms with Crippen LogP contribution in [0.1, 0.15) is 17.0 Å². The van der Waals surface area contributed by atoms with Crippen LogP contribution in [0.5, 0.6) is 0 Å². The zero-order chi connectivity index (χ0) is 14.1. The molecule has 2 aromatic carbocycles. The first-order valence-corrected chi connectivity index (χ1v) is 7.34. The number of aryl methyl sites for hydroxylation is 3. The number of nitrogens with zero attached hydrogens (tertiary/aromatic N) is 2. The average molecular weight is 285 g/mol. The molecule has 1 heterocycles. The van der Waals surface area contributed by atoms with Crippen LogP contribution in [0.3, 0.4) is 0 Å². The highest BCUT2D eigenvalue weighted by Gasteiger charge is 2.13. The number of fused-ring (bicyclic) bond motifs is 1. The van der Waals surface area contributed by atoms with Gasteiger partial charge in [0.2, 0.25) is 0 Å². The number of imidazole rings is 1. The molecule has 0 atom stereocenters. The molecule has 3 aromatic rings. The lowest BCUT2D eigenvalue weighted by Crippen LogP contribution is -2.04. The first-order chi connectivity index (χ1) is 9.70. The first-order valence-electron chi connectivity index (χ1n) is 6.80.